The molecule has 3 rings (SSSR count). The van der Waals surface area contributed by atoms with Crippen molar-refractivity contribution >= 4 is 0 Å². The smallest absolute Gasteiger partial charge is 0.186 e. The van der Waals surface area contributed by atoms with Crippen LogP contribution in [-0.2, 0) is 25.6 Å². The highest BCUT2D eigenvalue weighted by molar-refractivity contribution is 5.13. The molecule has 2 saturated heterocycles. The Labute approximate surface area is 114 Å². The Morgan fingerprint density at radius 2 is 1.79 bits per heavy atom. The predicted octanol–water partition coefficient (Wildman–Crippen LogP) is 2.37. The van der Waals surface area contributed by atoms with E-state index >= 15 is 0 Å². The molecule has 2 fully saturated rings. The van der Waals surface area contributed by atoms with Crippen LogP contribution < -0.4 is 0 Å². The molecule has 4 atom stereocenters. The van der Waals surface area contributed by atoms with Gasteiger partial charge in [-0.3, -0.25) is 0 Å². The number of hydrogen-bond donors (Lipinski definition) is 0. The van der Waals surface area contributed by atoms with Gasteiger partial charge in [0.1, 0.15) is 18.3 Å². The Balaban J connectivity index is 0.000000637. The van der Waals surface area contributed by atoms with Crippen LogP contribution in [0.5, 0.6) is 0 Å². The van der Waals surface area contributed by atoms with E-state index in [1.54, 1.807) is 7.11 Å². The van der Waals surface area contributed by atoms with E-state index in [9.17, 15) is 0 Å². The number of rotatable bonds is 5. The number of fused-ring (bicyclic) bond motifs is 1. The molecule has 0 aromatic heterocycles. The van der Waals surface area contributed by atoms with E-state index in [0.717, 1.165) is 0 Å². The van der Waals surface area contributed by atoms with Gasteiger partial charge in [0.25, 0.3) is 0 Å². The summed E-state index contributed by atoms with van der Waals surface area (Å²) in [5.41, 5.74) is 1.17. The van der Waals surface area contributed by atoms with Crippen molar-refractivity contribution in [2.75, 3.05) is 13.7 Å². The summed E-state index contributed by atoms with van der Waals surface area (Å²) in [7, 11) is 1.64. The SMILES string of the molecule is CC.COC1OC(COCc2ccccc2)C2OC12. The summed E-state index contributed by atoms with van der Waals surface area (Å²) in [6.45, 7) is 5.16. The minimum Gasteiger partial charge on any atom is -0.374 e. The molecule has 4 unspecified atom stereocenters. The van der Waals surface area contributed by atoms with E-state index < -0.39 is 0 Å². The van der Waals surface area contributed by atoms with Crippen molar-refractivity contribution in [3.63, 3.8) is 0 Å². The molecule has 0 N–H and O–H groups in total. The zero-order chi connectivity index (χ0) is 13.7. The lowest BCUT2D eigenvalue weighted by Crippen LogP contribution is -2.25. The summed E-state index contributed by atoms with van der Waals surface area (Å²) in [6.07, 6.45) is 0.0695. The maximum atomic E-state index is 5.64. The molecule has 1 aromatic carbocycles. The van der Waals surface area contributed by atoms with E-state index in [1.807, 2.05) is 44.2 Å². The van der Waals surface area contributed by atoms with Crippen molar-refractivity contribution in [1.29, 1.82) is 0 Å². The molecule has 2 heterocycles. The molecule has 4 nitrogen and oxygen atoms in total. The molecule has 1 aromatic rings. The topological polar surface area (TPSA) is 40.2 Å². The molecular weight excluding hydrogens is 244 g/mol. The van der Waals surface area contributed by atoms with Crippen LogP contribution in [0.4, 0.5) is 0 Å². The normalized spacial score (nSPS) is 31.3. The Morgan fingerprint density at radius 3 is 2.42 bits per heavy atom. The predicted molar refractivity (Wildman–Crippen MR) is 71.8 cm³/mol. The standard InChI is InChI=1S/C13H16O4.C2H6/c1-14-13-12-11(17-12)10(16-13)8-15-7-9-5-3-2-4-6-9;1-2/h2-6,10-13H,7-8H2,1H3;1-2H3. The average Bonchev–Trinajstić information content (AvgIpc) is 3.20. The molecule has 0 bridgehead atoms. The van der Waals surface area contributed by atoms with Crippen LogP contribution >= 0.6 is 0 Å². The van der Waals surface area contributed by atoms with E-state index in [1.165, 1.54) is 5.56 Å². The number of hydrogen-bond acceptors (Lipinski definition) is 4. The second kappa shape index (κ2) is 7.01. The summed E-state index contributed by atoms with van der Waals surface area (Å²) in [4.78, 5) is 0. The van der Waals surface area contributed by atoms with Gasteiger partial charge in [-0.25, -0.2) is 0 Å². The van der Waals surface area contributed by atoms with E-state index in [0.29, 0.717) is 13.2 Å². The fourth-order valence-corrected chi connectivity index (χ4v) is 2.17. The second-order valence-corrected chi connectivity index (χ2v) is 4.34. The van der Waals surface area contributed by atoms with Crippen molar-refractivity contribution < 1.29 is 18.9 Å². The van der Waals surface area contributed by atoms with Crippen molar-refractivity contribution in [3.05, 3.63) is 35.9 Å². The Kier molecular flexibility index (Phi) is 5.34. The van der Waals surface area contributed by atoms with Gasteiger partial charge in [-0.2, -0.15) is 0 Å². The average molecular weight is 266 g/mol. The van der Waals surface area contributed by atoms with Gasteiger partial charge in [-0.1, -0.05) is 44.2 Å². The first-order valence-electron chi connectivity index (χ1n) is 6.84. The third-order valence-corrected chi connectivity index (χ3v) is 3.13. The van der Waals surface area contributed by atoms with Crippen molar-refractivity contribution in [3.8, 4) is 0 Å². The van der Waals surface area contributed by atoms with Crippen LogP contribution in [0.2, 0.25) is 0 Å². The number of methoxy groups -OCH3 is 1. The molecule has 0 amide bonds. The van der Waals surface area contributed by atoms with Gasteiger partial charge in [0, 0.05) is 7.11 Å². The summed E-state index contributed by atoms with van der Waals surface area (Å²) >= 11 is 0. The lowest BCUT2D eigenvalue weighted by molar-refractivity contribution is -0.171. The summed E-state index contributed by atoms with van der Waals surface area (Å²) in [5.74, 6) is 0. The highest BCUT2D eigenvalue weighted by Gasteiger charge is 2.58. The summed E-state index contributed by atoms with van der Waals surface area (Å²) in [5, 5.41) is 0. The number of epoxide rings is 1. The lowest BCUT2D eigenvalue weighted by atomic mass is 10.2. The van der Waals surface area contributed by atoms with Crippen LogP contribution in [0.1, 0.15) is 19.4 Å². The fourth-order valence-electron chi connectivity index (χ4n) is 2.17. The van der Waals surface area contributed by atoms with Gasteiger partial charge in [0.15, 0.2) is 6.29 Å². The molecule has 0 aliphatic carbocycles. The quantitative estimate of drug-likeness (QED) is 0.767. The molecule has 4 heteroatoms. The molecule has 2 aliphatic heterocycles. The van der Waals surface area contributed by atoms with Gasteiger partial charge in [-0.05, 0) is 5.56 Å². The molecular formula is C15H22O4. The minimum atomic E-state index is -0.217. The third-order valence-electron chi connectivity index (χ3n) is 3.13. The lowest BCUT2D eigenvalue weighted by Gasteiger charge is -2.16. The molecule has 0 spiro atoms. The van der Waals surface area contributed by atoms with Crippen molar-refractivity contribution in [1.82, 2.24) is 0 Å². The maximum absolute atomic E-state index is 5.64. The van der Waals surface area contributed by atoms with Gasteiger partial charge in [-0.15, -0.1) is 0 Å². The van der Waals surface area contributed by atoms with Gasteiger partial charge in [0.2, 0.25) is 0 Å². The highest BCUT2D eigenvalue weighted by Crippen LogP contribution is 2.39. The highest BCUT2D eigenvalue weighted by atomic mass is 16.8. The van der Waals surface area contributed by atoms with Gasteiger partial charge >= 0.3 is 0 Å². The summed E-state index contributed by atoms with van der Waals surface area (Å²) in [6, 6.07) is 10.1. The van der Waals surface area contributed by atoms with Crippen LogP contribution in [0.15, 0.2) is 30.3 Å². The first-order chi connectivity index (χ1) is 9.38. The van der Waals surface area contributed by atoms with Crippen LogP contribution in [0.3, 0.4) is 0 Å². The van der Waals surface area contributed by atoms with Gasteiger partial charge in [0.05, 0.1) is 13.2 Å². The monoisotopic (exact) mass is 266 g/mol. The van der Waals surface area contributed by atoms with E-state index in [4.69, 9.17) is 18.9 Å². The molecule has 19 heavy (non-hydrogen) atoms. The number of benzene rings is 1. The van der Waals surface area contributed by atoms with E-state index in [2.05, 4.69) is 0 Å². The van der Waals surface area contributed by atoms with Crippen molar-refractivity contribution in [2.24, 2.45) is 0 Å². The Hall–Kier alpha value is -0.940. The molecule has 106 valence electrons. The van der Waals surface area contributed by atoms with Crippen LogP contribution in [0.25, 0.3) is 0 Å². The first-order valence-corrected chi connectivity index (χ1v) is 6.84. The van der Waals surface area contributed by atoms with Crippen LogP contribution in [0, 0.1) is 0 Å². The third kappa shape index (κ3) is 3.54. The summed E-state index contributed by atoms with van der Waals surface area (Å²) < 4.78 is 21.9. The Bertz CT molecular complexity index is 368. The van der Waals surface area contributed by atoms with E-state index in [-0.39, 0.29) is 24.6 Å². The Morgan fingerprint density at radius 1 is 1.05 bits per heavy atom. The molecule has 0 saturated carbocycles. The fraction of sp³-hybridized carbons (Fsp3) is 0.600. The largest absolute Gasteiger partial charge is 0.374 e. The molecule has 2 aliphatic rings. The maximum Gasteiger partial charge on any atom is 0.186 e. The minimum absolute atomic E-state index is 0.00802. The molecule has 0 radical (unpaired) electrons. The first kappa shape index (κ1) is 14.5. The zero-order valence-electron chi connectivity index (χ0n) is 11.7. The van der Waals surface area contributed by atoms with Crippen LogP contribution in [-0.4, -0.2) is 38.3 Å². The number of ether oxygens (including phenoxy) is 4. The van der Waals surface area contributed by atoms with Crippen molar-refractivity contribution in [2.45, 2.75) is 45.1 Å². The second-order valence-electron chi connectivity index (χ2n) is 4.34. The zero-order valence-corrected chi connectivity index (χ0v) is 11.7. The van der Waals surface area contributed by atoms with Gasteiger partial charge < -0.3 is 18.9 Å².